The van der Waals surface area contributed by atoms with Gasteiger partial charge in [0.15, 0.2) is 18.1 Å². The SMILES string of the molecule is COc1cc(C)ccc1OCC(=O)NNC(=O)CC12CC3CC(CC(C3)C1)C2. The molecule has 0 aliphatic heterocycles. The molecule has 2 N–H and O–H groups in total. The fourth-order valence-corrected chi connectivity index (χ4v) is 6.10. The van der Waals surface area contributed by atoms with Crippen LogP contribution < -0.4 is 20.3 Å². The lowest BCUT2D eigenvalue weighted by Gasteiger charge is -2.56. The Labute approximate surface area is 166 Å². The summed E-state index contributed by atoms with van der Waals surface area (Å²) in [6.07, 6.45) is 8.12. The largest absolute Gasteiger partial charge is 0.493 e. The van der Waals surface area contributed by atoms with Crippen molar-refractivity contribution >= 4 is 11.8 Å². The molecule has 0 heterocycles. The van der Waals surface area contributed by atoms with E-state index in [4.69, 9.17) is 9.47 Å². The van der Waals surface area contributed by atoms with Crippen LogP contribution in [0.2, 0.25) is 0 Å². The average Bonchev–Trinajstić information content (AvgIpc) is 2.63. The molecule has 1 aromatic carbocycles. The number of carbonyl (C=O) groups excluding carboxylic acids is 2. The Kier molecular flexibility index (Phi) is 5.21. The highest BCUT2D eigenvalue weighted by atomic mass is 16.5. The van der Waals surface area contributed by atoms with E-state index in [2.05, 4.69) is 10.9 Å². The molecule has 1 aromatic rings. The molecule has 4 fully saturated rings. The lowest BCUT2D eigenvalue weighted by atomic mass is 9.49. The summed E-state index contributed by atoms with van der Waals surface area (Å²) in [5.41, 5.74) is 6.27. The number of methoxy groups -OCH3 is 1. The van der Waals surface area contributed by atoms with Gasteiger partial charge in [-0.2, -0.15) is 0 Å². The van der Waals surface area contributed by atoms with Crippen LogP contribution in [0.25, 0.3) is 0 Å². The lowest BCUT2D eigenvalue weighted by Crippen LogP contribution is -2.50. The third kappa shape index (κ3) is 4.10. The minimum atomic E-state index is -0.388. The molecule has 0 saturated heterocycles. The van der Waals surface area contributed by atoms with E-state index in [0.29, 0.717) is 17.9 Å². The van der Waals surface area contributed by atoms with E-state index in [-0.39, 0.29) is 23.8 Å². The summed E-state index contributed by atoms with van der Waals surface area (Å²) in [5.74, 6) is 3.04. The van der Waals surface area contributed by atoms with Gasteiger partial charge < -0.3 is 9.47 Å². The van der Waals surface area contributed by atoms with Gasteiger partial charge in [0.25, 0.3) is 5.91 Å². The van der Waals surface area contributed by atoms with Crippen LogP contribution in [0.5, 0.6) is 11.5 Å². The van der Waals surface area contributed by atoms with Gasteiger partial charge in [0.1, 0.15) is 0 Å². The summed E-state index contributed by atoms with van der Waals surface area (Å²) in [7, 11) is 1.56. The molecule has 28 heavy (non-hydrogen) atoms. The van der Waals surface area contributed by atoms with Crippen LogP contribution in [0.15, 0.2) is 18.2 Å². The maximum Gasteiger partial charge on any atom is 0.276 e. The molecule has 2 amide bonds. The van der Waals surface area contributed by atoms with Gasteiger partial charge in [-0.15, -0.1) is 0 Å². The number of hydrogen-bond donors (Lipinski definition) is 2. The van der Waals surface area contributed by atoms with Crippen LogP contribution in [0, 0.1) is 30.1 Å². The van der Waals surface area contributed by atoms with E-state index >= 15 is 0 Å². The lowest BCUT2D eigenvalue weighted by molar-refractivity contribution is -0.134. The minimum Gasteiger partial charge on any atom is -0.493 e. The highest BCUT2D eigenvalue weighted by molar-refractivity contribution is 5.83. The topological polar surface area (TPSA) is 76.7 Å². The molecule has 4 bridgehead atoms. The van der Waals surface area contributed by atoms with Gasteiger partial charge in [-0.05, 0) is 86.3 Å². The van der Waals surface area contributed by atoms with E-state index in [1.165, 1.54) is 38.5 Å². The van der Waals surface area contributed by atoms with E-state index in [1.807, 2.05) is 19.1 Å². The smallest absolute Gasteiger partial charge is 0.276 e. The van der Waals surface area contributed by atoms with Gasteiger partial charge in [-0.25, -0.2) is 0 Å². The molecule has 0 spiro atoms. The summed E-state index contributed by atoms with van der Waals surface area (Å²) < 4.78 is 10.8. The molecule has 0 unspecified atom stereocenters. The van der Waals surface area contributed by atoms with Gasteiger partial charge >= 0.3 is 0 Å². The van der Waals surface area contributed by atoms with E-state index < -0.39 is 0 Å². The van der Waals surface area contributed by atoms with Crippen molar-refractivity contribution in [2.24, 2.45) is 23.2 Å². The first-order valence-electron chi connectivity index (χ1n) is 10.3. The average molecular weight is 386 g/mol. The van der Waals surface area contributed by atoms with Gasteiger partial charge in [0, 0.05) is 6.42 Å². The van der Waals surface area contributed by atoms with Gasteiger partial charge in [0.2, 0.25) is 5.91 Å². The van der Waals surface area contributed by atoms with E-state index in [9.17, 15) is 9.59 Å². The van der Waals surface area contributed by atoms with Gasteiger partial charge in [-0.3, -0.25) is 20.4 Å². The third-order valence-corrected chi connectivity index (χ3v) is 6.72. The Hall–Kier alpha value is -2.24. The second kappa shape index (κ2) is 7.64. The number of amides is 2. The van der Waals surface area contributed by atoms with Crippen molar-refractivity contribution in [1.29, 1.82) is 0 Å². The fraction of sp³-hybridized carbons (Fsp3) is 0.636. The number of nitrogens with one attached hydrogen (secondary N) is 2. The molecular formula is C22H30N2O4. The first-order chi connectivity index (χ1) is 13.4. The summed E-state index contributed by atoms with van der Waals surface area (Å²) >= 11 is 0. The van der Waals surface area contributed by atoms with Crippen molar-refractivity contribution in [2.75, 3.05) is 13.7 Å². The molecule has 0 radical (unpaired) electrons. The second-order valence-corrected chi connectivity index (χ2v) is 9.13. The zero-order chi connectivity index (χ0) is 19.7. The highest BCUT2D eigenvalue weighted by Crippen LogP contribution is 2.61. The molecule has 4 aliphatic rings. The first-order valence-corrected chi connectivity index (χ1v) is 10.3. The normalized spacial score (nSPS) is 30.0. The summed E-state index contributed by atoms with van der Waals surface area (Å²) in [6, 6.07) is 5.51. The quantitative estimate of drug-likeness (QED) is 0.737. The number of rotatable bonds is 6. The number of carbonyl (C=O) groups is 2. The third-order valence-electron chi connectivity index (χ3n) is 6.72. The second-order valence-electron chi connectivity index (χ2n) is 9.13. The fourth-order valence-electron chi connectivity index (χ4n) is 6.10. The molecule has 4 aliphatic carbocycles. The zero-order valence-electron chi connectivity index (χ0n) is 16.8. The van der Waals surface area contributed by atoms with Crippen molar-refractivity contribution in [2.45, 2.75) is 51.9 Å². The van der Waals surface area contributed by atoms with Gasteiger partial charge in [-0.1, -0.05) is 6.07 Å². The van der Waals surface area contributed by atoms with Crippen molar-refractivity contribution in [3.8, 4) is 11.5 Å². The highest BCUT2D eigenvalue weighted by Gasteiger charge is 2.51. The molecule has 0 atom stereocenters. The van der Waals surface area contributed by atoms with Crippen molar-refractivity contribution < 1.29 is 19.1 Å². The Balaban J connectivity index is 1.23. The molecule has 5 rings (SSSR count). The zero-order valence-corrected chi connectivity index (χ0v) is 16.8. The summed E-state index contributed by atoms with van der Waals surface area (Å²) in [5, 5.41) is 0. The summed E-state index contributed by atoms with van der Waals surface area (Å²) in [4.78, 5) is 24.5. The Morgan fingerprint density at radius 3 is 2.21 bits per heavy atom. The predicted molar refractivity (Wildman–Crippen MR) is 105 cm³/mol. The monoisotopic (exact) mass is 386 g/mol. The molecule has 6 heteroatoms. The molecule has 6 nitrogen and oxygen atoms in total. The number of hydrazine groups is 1. The Morgan fingerprint density at radius 2 is 1.61 bits per heavy atom. The molecule has 152 valence electrons. The Morgan fingerprint density at radius 1 is 1.00 bits per heavy atom. The Bertz CT molecular complexity index is 726. The molecular weight excluding hydrogens is 356 g/mol. The first kappa shape index (κ1) is 19.1. The molecule has 4 saturated carbocycles. The van der Waals surface area contributed by atoms with Crippen LogP contribution in [-0.4, -0.2) is 25.5 Å². The van der Waals surface area contributed by atoms with Crippen LogP contribution in [0.1, 0.15) is 50.5 Å². The van der Waals surface area contributed by atoms with Crippen molar-refractivity contribution in [3.05, 3.63) is 23.8 Å². The van der Waals surface area contributed by atoms with Crippen LogP contribution in [0.3, 0.4) is 0 Å². The van der Waals surface area contributed by atoms with Crippen LogP contribution in [-0.2, 0) is 9.59 Å². The number of ether oxygens (including phenoxy) is 2. The standard InChI is InChI=1S/C22H30N2O4/c1-14-3-4-18(19(5-14)27-2)28-13-21(26)24-23-20(25)12-22-9-15-6-16(10-22)8-17(7-15)11-22/h3-5,15-17H,6-13H2,1-2H3,(H,23,25)(H,24,26). The maximum atomic E-state index is 12.5. The number of aryl methyl sites for hydroxylation is 1. The van der Waals surface area contributed by atoms with Crippen LogP contribution >= 0.6 is 0 Å². The number of benzene rings is 1. The predicted octanol–water partition coefficient (Wildman–Crippen LogP) is 3.14. The van der Waals surface area contributed by atoms with Crippen LogP contribution in [0.4, 0.5) is 0 Å². The number of hydrogen-bond acceptors (Lipinski definition) is 4. The summed E-state index contributed by atoms with van der Waals surface area (Å²) in [6.45, 7) is 1.77. The maximum absolute atomic E-state index is 12.5. The van der Waals surface area contributed by atoms with E-state index in [1.54, 1.807) is 13.2 Å². The minimum absolute atomic E-state index is 0.0942. The van der Waals surface area contributed by atoms with Gasteiger partial charge in [0.05, 0.1) is 7.11 Å². The van der Waals surface area contributed by atoms with E-state index in [0.717, 1.165) is 23.3 Å². The van der Waals surface area contributed by atoms with Crippen molar-refractivity contribution in [1.82, 2.24) is 10.9 Å². The van der Waals surface area contributed by atoms with Crippen molar-refractivity contribution in [3.63, 3.8) is 0 Å². The molecule has 0 aromatic heterocycles.